The number of anilines is 1. The Morgan fingerprint density at radius 1 is 1.26 bits per heavy atom. The standard InChI is InChI=1S/C24H26Cl2F2N2O/c1-3-10-29(14-16(2)13-25)11-9-17-15-30(22-8-7-18(26)12-20(17)22)24(31)19-5-4-6-21(27)23(19)28/h4-8,12-13,17H,3,9-11,14-15H2,1-2H3/b16-13-. The number of carbonyl (C=O) groups is 1. The molecule has 0 aromatic heterocycles. The molecule has 7 heteroatoms. The van der Waals surface area contributed by atoms with Crippen molar-refractivity contribution in [1.29, 1.82) is 0 Å². The van der Waals surface area contributed by atoms with Gasteiger partial charge in [-0.25, -0.2) is 8.78 Å². The van der Waals surface area contributed by atoms with E-state index in [-0.39, 0.29) is 11.5 Å². The molecule has 0 aliphatic carbocycles. The molecule has 0 saturated carbocycles. The number of fused-ring (bicyclic) bond motifs is 1. The van der Waals surface area contributed by atoms with Crippen molar-refractivity contribution in [2.24, 2.45) is 0 Å². The fourth-order valence-electron chi connectivity index (χ4n) is 4.08. The minimum absolute atomic E-state index is 0.0499. The second kappa shape index (κ2) is 10.6. The van der Waals surface area contributed by atoms with E-state index in [4.69, 9.17) is 23.2 Å². The molecule has 31 heavy (non-hydrogen) atoms. The summed E-state index contributed by atoms with van der Waals surface area (Å²) in [6.45, 7) is 7.06. The van der Waals surface area contributed by atoms with Gasteiger partial charge in [-0.15, -0.1) is 0 Å². The van der Waals surface area contributed by atoms with Gasteiger partial charge in [-0.05, 0) is 74.3 Å². The quantitative estimate of drug-likeness (QED) is 0.436. The van der Waals surface area contributed by atoms with Crippen molar-refractivity contribution in [2.75, 3.05) is 31.1 Å². The molecule has 1 aliphatic rings. The molecule has 166 valence electrons. The van der Waals surface area contributed by atoms with Crippen LogP contribution >= 0.6 is 23.2 Å². The first-order valence-corrected chi connectivity index (χ1v) is 11.2. The van der Waals surface area contributed by atoms with Crippen molar-refractivity contribution >= 4 is 34.8 Å². The number of benzene rings is 2. The molecule has 0 bridgehead atoms. The molecule has 0 fully saturated rings. The van der Waals surface area contributed by atoms with Crippen LogP contribution in [0.25, 0.3) is 0 Å². The summed E-state index contributed by atoms with van der Waals surface area (Å²) in [4.78, 5) is 17.0. The van der Waals surface area contributed by atoms with Crippen LogP contribution in [0, 0.1) is 11.6 Å². The molecule has 2 aromatic carbocycles. The SMILES string of the molecule is CCCN(CCC1CN(C(=O)c2cccc(F)c2F)c2ccc(Cl)cc21)C/C(C)=C\Cl. The van der Waals surface area contributed by atoms with Gasteiger partial charge in [0.05, 0.1) is 5.56 Å². The molecule has 3 rings (SSSR count). The molecule has 1 atom stereocenters. The third-order valence-electron chi connectivity index (χ3n) is 5.54. The molecular weight excluding hydrogens is 441 g/mol. The van der Waals surface area contributed by atoms with E-state index in [2.05, 4.69) is 11.8 Å². The summed E-state index contributed by atoms with van der Waals surface area (Å²) in [7, 11) is 0. The highest BCUT2D eigenvalue weighted by molar-refractivity contribution is 6.30. The highest BCUT2D eigenvalue weighted by atomic mass is 35.5. The zero-order valence-corrected chi connectivity index (χ0v) is 19.2. The van der Waals surface area contributed by atoms with Crippen LogP contribution in [0.1, 0.15) is 48.5 Å². The van der Waals surface area contributed by atoms with E-state index in [1.807, 2.05) is 13.0 Å². The van der Waals surface area contributed by atoms with Gasteiger partial charge in [-0.1, -0.05) is 36.2 Å². The molecule has 0 N–H and O–H groups in total. The Hall–Kier alpha value is -1.95. The fourth-order valence-corrected chi connectivity index (χ4v) is 4.33. The maximum atomic E-state index is 14.3. The van der Waals surface area contributed by atoms with Crippen LogP contribution < -0.4 is 4.90 Å². The number of hydrogen-bond donors (Lipinski definition) is 0. The maximum absolute atomic E-state index is 14.3. The molecule has 0 spiro atoms. The smallest absolute Gasteiger partial charge is 0.261 e. The average molecular weight is 467 g/mol. The lowest BCUT2D eigenvalue weighted by Gasteiger charge is -2.24. The molecule has 0 radical (unpaired) electrons. The van der Waals surface area contributed by atoms with Gasteiger partial charge < -0.3 is 4.90 Å². The largest absolute Gasteiger partial charge is 0.307 e. The van der Waals surface area contributed by atoms with Crippen molar-refractivity contribution in [1.82, 2.24) is 4.90 Å². The Labute approximate surface area is 192 Å². The second-order valence-corrected chi connectivity index (χ2v) is 8.59. The molecule has 1 heterocycles. The van der Waals surface area contributed by atoms with Crippen molar-refractivity contribution in [2.45, 2.75) is 32.6 Å². The molecule has 3 nitrogen and oxygen atoms in total. The summed E-state index contributed by atoms with van der Waals surface area (Å²) in [5.74, 6) is -2.65. The predicted molar refractivity (Wildman–Crippen MR) is 123 cm³/mol. The number of nitrogens with zero attached hydrogens (tertiary/aromatic N) is 2. The lowest BCUT2D eigenvalue weighted by Crippen LogP contribution is -2.32. The monoisotopic (exact) mass is 466 g/mol. The zero-order valence-electron chi connectivity index (χ0n) is 17.7. The van der Waals surface area contributed by atoms with Gasteiger partial charge in [0.15, 0.2) is 11.6 Å². The van der Waals surface area contributed by atoms with Crippen molar-refractivity contribution < 1.29 is 13.6 Å². The Morgan fingerprint density at radius 2 is 2.03 bits per heavy atom. The third kappa shape index (κ3) is 5.46. The number of amides is 1. The van der Waals surface area contributed by atoms with Crippen LogP contribution in [0.5, 0.6) is 0 Å². The topological polar surface area (TPSA) is 23.6 Å². The van der Waals surface area contributed by atoms with Gasteiger partial charge in [0.2, 0.25) is 0 Å². The number of hydrogen-bond acceptors (Lipinski definition) is 2. The summed E-state index contributed by atoms with van der Waals surface area (Å²) in [5.41, 5.74) is 4.07. The summed E-state index contributed by atoms with van der Waals surface area (Å²) in [6, 6.07) is 9.02. The van der Waals surface area contributed by atoms with Crippen molar-refractivity contribution in [3.8, 4) is 0 Å². The first-order chi connectivity index (χ1) is 14.8. The molecule has 1 unspecified atom stereocenters. The van der Waals surface area contributed by atoms with Crippen LogP contribution in [-0.2, 0) is 0 Å². The van der Waals surface area contributed by atoms with E-state index in [0.29, 0.717) is 17.3 Å². The summed E-state index contributed by atoms with van der Waals surface area (Å²) in [5, 5.41) is 0.585. The molecule has 2 aromatic rings. The van der Waals surface area contributed by atoms with Crippen LogP contribution in [0.2, 0.25) is 5.02 Å². The third-order valence-corrected chi connectivity index (χ3v) is 6.15. The number of rotatable bonds is 8. The first kappa shape index (κ1) is 23.7. The lowest BCUT2D eigenvalue weighted by atomic mass is 9.97. The highest BCUT2D eigenvalue weighted by Gasteiger charge is 2.34. The molecule has 0 saturated heterocycles. The van der Waals surface area contributed by atoms with Crippen molar-refractivity contribution in [3.05, 3.63) is 75.3 Å². The maximum Gasteiger partial charge on any atom is 0.261 e. The predicted octanol–water partition coefficient (Wildman–Crippen LogP) is 6.61. The summed E-state index contributed by atoms with van der Waals surface area (Å²) in [6.07, 6.45) is 1.82. The second-order valence-electron chi connectivity index (χ2n) is 7.94. The van der Waals surface area contributed by atoms with Gasteiger partial charge in [-0.2, -0.15) is 0 Å². The van der Waals surface area contributed by atoms with Crippen LogP contribution in [-0.4, -0.2) is 37.0 Å². The van der Waals surface area contributed by atoms with Crippen LogP contribution in [0.15, 0.2) is 47.5 Å². The minimum atomic E-state index is -1.12. The van der Waals surface area contributed by atoms with E-state index >= 15 is 0 Å². The molecule has 1 aliphatic heterocycles. The summed E-state index contributed by atoms with van der Waals surface area (Å²) >= 11 is 12.1. The first-order valence-electron chi connectivity index (χ1n) is 10.4. The minimum Gasteiger partial charge on any atom is -0.307 e. The Morgan fingerprint density at radius 3 is 2.74 bits per heavy atom. The number of carbonyl (C=O) groups excluding carboxylic acids is 1. The van der Waals surface area contributed by atoms with Gasteiger partial charge in [0.25, 0.3) is 5.91 Å². The number of halogens is 4. The van der Waals surface area contributed by atoms with Gasteiger partial charge in [0, 0.05) is 35.3 Å². The molecular formula is C24H26Cl2F2N2O. The summed E-state index contributed by atoms with van der Waals surface area (Å²) < 4.78 is 28.0. The van der Waals surface area contributed by atoms with E-state index in [1.54, 1.807) is 17.7 Å². The van der Waals surface area contributed by atoms with Gasteiger partial charge in [0.1, 0.15) is 0 Å². The van der Waals surface area contributed by atoms with E-state index in [9.17, 15) is 13.6 Å². The van der Waals surface area contributed by atoms with Gasteiger partial charge >= 0.3 is 0 Å². The van der Waals surface area contributed by atoms with E-state index in [1.165, 1.54) is 17.0 Å². The normalized spacial score (nSPS) is 16.2. The van der Waals surface area contributed by atoms with Crippen LogP contribution in [0.4, 0.5) is 14.5 Å². The van der Waals surface area contributed by atoms with Crippen LogP contribution in [0.3, 0.4) is 0 Å². The Balaban J connectivity index is 1.83. The fraction of sp³-hybridized carbons (Fsp3) is 0.375. The lowest BCUT2D eigenvalue weighted by molar-refractivity contribution is 0.0983. The Bertz CT molecular complexity index is 980. The van der Waals surface area contributed by atoms with E-state index in [0.717, 1.165) is 49.7 Å². The van der Waals surface area contributed by atoms with E-state index < -0.39 is 17.5 Å². The van der Waals surface area contributed by atoms with Crippen molar-refractivity contribution in [3.63, 3.8) is 0 Å². The molecule has 1 amide bonds. The zero-order chi connectivity index (χ0) is 22.5. The van der Waals surface area contributed by atoms with Gasteiger partial charge in [-0.3, -0.25) is 9.69 Å². The highest BCUT2D eigenvalue weighted by Crippen LogP contribution is 2.40. The average Bonchev–Trinajstić information content (AvgIpc) is 3.11. The Kier molecular flexibility index (Phi) is 8.09.